The second-order valence-electron chi connectivity index (χ2n) is 18.5. The lowest BCUT2D eigenvalue weighted by Crippen LogP contribution is -2.32. The summed E-state index contributed by atoms with van der Waals surface area (Å²) in [6.45, 7) is 5.03. The van der Waals surface area contributed by atoms with Gasteiger partial charge in [-0.05, 0) is 108 Å². The van der Waals surface area contributed by atoms with Gasteiger partial charge < -0.3 is 38.8 Å². The number of hydrogen-bond donors (Lipinski definition) is 4. The molecule has 0 spiro atoms. The zero-order chi connectivity index (χ0) is 55.7. The van der Waals surface area contributed by atoms with Crippen LogP contribution in [0.4, 0.5) is 0 Å². The van der Waals surface area contributed by atoms with E-state index in [1.807, 2.05) is 38.4 Å². The number of ether oxygens (including phenoxy) is 5. The fraction of sp³-hybridized carbons (Fsp3) is 0.407. The van der Waals surface area contributed by atoms with Gasteiger partial charge in [-0.2, -0.15) is 0 Å². The number of rotatable bonds is 30. The fourth-order valence-electron chi connectivity index (χ4n) is 9.07. The number of hydroxylamine groups is 1. The van der Waals surface area contributed by atoms with E-state index in [2.05, 4.69) is 30.0 Å². The van der Waals surface area contributed by atoms with Crippen LogP contribution in [0, 0.1) is 0 Å². The van der Waals surface area contributed by atoms with E-state index in [1.165, 1.54) is 12.1 Å². The smallest absolute Gasteiger partial charge is 0.275 e. The van der Waals surface area contributed by atoms with E-state index in [0.717, 1.165) is 33.4 Å². The van der Waals surface area contributed by atoms with Crippen LogP contribution in [0.3, 0.4) is 0 Å². The van der Waals surface area contributed by atoms with E-state index in [1.54, 1.807) is 60.7 Å². The van der Waals surface area contributed by atoms with Crippen molar-refractivity contribution < 1.29 is 54.9 Å². The minimum absolute atomic E-state index is 0.0139. The number of sulfonamides is 2. The summed E-state index contributed by atoms with van der Waals surface area (Å²) in [4.78, 5) is 35.7. The lowest BCUT2D eigenvalue weighted by molar-refractivity contribution is -0.0131. The van der Waals surface area contributed by atoms with Crippen molar-refractivity contribution in [1.29, 1.82) is 0 Å². The summed E-state index contributed by atoms with van der Waals surface area (Å²) in [6, 6.07) is 27.3. The van der Waals surface area contributed by atoms with E-state index < -0.39 is 31.9 Å². The predicted octanol–water partition coefficient (Wildman–Crippen LogP) is 6.89. The number of nitrogens with zero attached hydrogens (tertiary/aromatic N) is 2. The zero-order valence-electron chi connectivity index (χ0n) is 43.2. The molecule has 2 heterocycles. The molecule has 0 saturated carbocycles. The summed E-state index contributed by atoms with van der Waals surface area (Å²) in [5.41, 5.74) is 8.20. The maximum absolute atomic E-state index is 13.2. The quantitative estimate of drug-likeness (QED) is 0.0273. The molecule has 5 aromatic rings. The Morgan fingerprint density at radius 2 is 0.923 bits per heavy atom. The summed E-state index contributed by atoms with van der Waals surface area (Å²) >= 11 is 25.7. The second kappa shape index (κ2) is 30.0. The van der Waals surface area contributed by atoms with E-state index in [-0.39, 0.29) is 125 Å². The standard InChI is InChI=1S/C54H64Cl4N6O12S2/c1-63-33-47(45-29-39(55)31-51(57)49(45)35-63)37-7-5-9-41(27-37)77(67,68)60-14-17-72-20-23-74-22-19-71-16-13-59-53(65)43-11-3-4-12-44(43)54(66)62-76-26-25-75-24-21-73-18-15-61-78(69,70)42-10-6-8-38(28-42)48-34-64(2)36-50-46(48)30-40(56)32-52(50)58/h3-12,27-32,47-48,60-61H,13-26,33-36H2,1-2H3,(H,59,65)(H,62,66). The summed E-state index contributed by atoms with van der Waals surface area (Å²) < 4.78 is 85.6. The van der Waals surface area contributed by atoms with Crippen LogP contribution in [0.25, 0.3) is 0 Å². The molecule has 422 valence electrons. The molecule has 2 aliphatic rings. The Balaban J connectivity index is 0.688. The number of carbonyl (C=O) groups is 2. The van der Waals surface area contributed by atoms with Crippen molar-refractivity contribution in [2.75, 3.05) is 119 Å². The largest absolute Gasteiger partial charge is 0.378 e. The van der Waals surface area contributed by atoms with Gasteiger partial charge in [-0.15, -0.1) is 0 Å². The van der Waals surface area contributed by atoms with Gasteiger partial charge in [0, 0.05) is 77.7 Å². The highest BCUT2D eigenvalue weighted by Gasteiger charge is 2.30. The third-order valence-corrected chi connectivity index (χ3v) is 16.8. The van der Waals surface area contributed by atoms with Crippen LogP contribution in [-0.2, 0) is 61.7 Å². The molecule has 0 bridgehead atoms. The SMILES string of the molecule is CN1Cc2c(Cl)cc(Cl)cc2C(c2cccc(S(=O)(=O)NCCOCCOCCOCCNC(=O)c3ccccc3C(=O)NOCCOCCOCCNS(=O)(=O)c3cccc(C4CN(C)Cc5c(Cl)cc(Cl)cc54)c3)c2)C1. The highest BCUT2D eigenvalue weighted by atomic mass is 35.5. The average molecular weight is 1200 g/mol. The monoisotopic (exact) mass is 1190 g/mol. The lowest BCUT2D eigenvalue weighted by Gasteiger charge is -2.33. The Bertz CT molecular complexity index is 3070. The van der Waals surface area contributed by atoms with Crippen molar-refractivity contribution in [1.82, 2.24) is 30.0 Å². The van der Waals surface area contributed by atoms with E-state index >= 15 is 0 Å². The first-order valence-electron chi connectivity index (χ1n) is 25.2. The van der Waals surface area contributed by atoms with Gasteiger partial charge in [0.15, 0.2) is 0 Å². The van der Waals surface area contributed by atoms with Gasteiger partial charge in [0.05, 0.1) is 93.6 Å². The van der Waals surface area contributed by atoms with Gasteiger partial charge in [0.25, 0.3) is 11.8 Å². The molecule has 7 rings (SSSR count). The molecule has 2 amide bonds. The number of halogens is 4. The number of fused-ring (bicyclic) bond motifs is 2. The molecule has 0 saturated heterocycles. The molecule has 0 aromatic heterocycles. The first kappa shape index (κ1) is 61.3. The van der Waals surface area contributed by atoms with E-state index in [9.17, 15) is 26.4 Å². The number of benzene rings is 5. The van der Waals surface area contributed by atoms with Crippen molar-refractivity contribution in [3.63, 3.8) is 0 Å². The summed E-state index contributed by atoms with van der Waals surface area (Å²) in [7, 11) is -3.64. The number of amides is 2. The minimum atomic E-state index is -3.83. The first-order valence-corrected chi connectivity index (χ1v) is 29.7. The maximum Gasteiger partial charge on any atom is 0.275 e. The van der Waals surface area contributed by atoms with Crippen LogP contribution in [0.15, 0.2) is 107 Å². The maximum atomic E-state index is 13.2. The van der Waals surface area contributed by atoms with Crippen LogP contribution in [-0.4, -0.2) is 158 Å². The van der Waals surface area contributed by atoms with Crippen molar-refractivity contribution in [2.24, 2.45) is 0 Å². The van der Waals surface area contributed by atoms with Crippen LogP contribution >= 0.6 is 46.4 Å². The summed E-state index contributed by atoms with van der Waals surface area (Å²) in [5, 5.41) is 4.98. The highest BCUT2D eigenvalue weighted by molar-refractivity contribution is 7.89. The van der Waals surface area contributed by atoms with Crippen LogP contribution in [0.5, 0.6) is 0 Å². The number of hydrogen-bond acceptors (Lipinski definition) is 14. The van der Waals surface area contributed by atoms with E-state index in [0.29, 0.717) is 46.3 Å². The third-order valence-electron chi connectivity index (χ3n) is 12.8. The molecule has 2 atom stereocenters. The molecule has 0 aliphatic carbocycles. The Labute approximate surface area is 476 Å². The van der Waals surface area contributed by atoms with Gasteiger partial charge in [-0.25, -0.2) is 31.8 Å². The molecule has 2 aliphatic heterocycles. The molecule has 4 N–H and O–H groups in total. The zero-order valence-corrected chi connectivity index (χ0v) is 47.9. The Morgan fingerprint density at radius 1 is 0.513 bits per heavy atom. The normalized spacial score (nSPS) is 15.9. The van der Waals surface area contributed by atoms with Gasteiger partial charge >= 0.3 is 0 Å². The molecule has 18 nitrogen and oxygen atoms in total. The average Bonchev–Trinajstić information content (AvgIpc) is 3.53. The van der Waals surface area contributed by atoms with Crippen LogP contribution in [0.1, 0.15) is 65.9 Å². The number of nitrogens with one attached hydrogen (secondary N) is 4. The molecular formula is C54H64Cl4N6O12S2. The van der Waals surface area contributed by atoms with Crippen LogP contribution in [0.2, 0.25) is 20.1 Å². The Hall–Kier alpha value is -4.30. The molecular weight excluding hydrogens is 1130 g/mol. The predicted molar refractivity (Wildman–Crippen MR) is 299 cm³/mol. The molecule has 0 radical (unpaired) electrons. The molecule has 0 fully saturated rings. The molecule has 78 heavy (non-hydrogen) atoms. The van der Waals surface area contributed by atoms with Crippen molar-refractivity contribution in [3.8, 4) is 0 Å². The molecule has 24 heteroatoms. The van der Waals surface area contributed by atoms with Gasteiger partial charge in [0.2, 0.25) is 20.0 Å². The number of likely N-dealkylation sites (N-methyl/N-ethyl adjacent to an activating group) is 2. The summed E-state index contributed by atoms with van der Waals surface area (Å²) in [5.74, 6) is -1.30. The fourth-order valence-corrected chi connectivity index (χ4v) is 12.3. The Kier molecular flexibility index (Phi) is 23.6. The lowest BCUT2D eigenvalue weighted by atomic mass is 9.85. The second-order valence-corrected chi connectivity index (χ2v) is 23.7. The third kappa shape index (κ3) is 17.6. The topological polar surface area (TPSA) is 212 Å². The van der Waals surface area contributed by atoms with E-state index in [4.69, 9.17) is 74.9 Å². The van der Waals surface area contributed by atoms with Crippen LogP contribution < -0.4 is 20.2 Å². The van der Waals surface area contributed by atoms with Crippen molar-refractivity contribution in [2.45, 2.75) is 34.7 Å². The minimum Gasteiger partial charge on any atom is -0.378 e. The number of carbonyl (C=O) groups excluding carboxylic acids is 2. The highest BCUT2D eigenvalue weighted by Crippen LogP contribution is 2.40. The molecule has 2 unspecified atom stereocenters. The van der Waals surface area contributed by atoms with Crippen molar-refractivity contribution >= 4 is 78.3 Å². The van der Waals surface area contributed by atoms with Gasteiger partial charge in [-0.1, -0.05) is 82.8 Å². The first-order chi connectivity index (χ1) is 37.5. The Morgan fingerprint density at radius 3 is 1.38 bits per heavy atom. The van der Waals surface area contributed by atoms with Gasteiger partial charge in [0.1, 0.15) is 0 Å². The summed E-state index contributed by atoms with van der Waals surface area (Å²) in [6.07, 6.45) is 0. The van der Waals surface area contributed by atoms with Gasteiger partial charge in [-0.3, -0.25) is 14.4 Å². The molecule has 5 aromatic carbocycles. The van der Waals surface area contributed by atoms with Crippen molar-refractivity contribution in [3.05, 3.63) is 162 Å².